The van der Waals surface area contributed by atoms with Crippen LogP contribution in [0.2, 0.25) is 10.0 Å². The molecule has 158 valence electrons. The van der Waals surface area contributed by atoms with Gasteiger partial charge in [-0.2, -0.15) is 0 Å². The maximum absolute atomic E-state index is 12.6. The van der Waals surface area contributed by atoms with Crippen molar-refractivity contribution in [1.29, 1.82) is 0 Å². The van der Waals surface area contributed by atoms with E-state index in [4.69, 9.17) is 32.7 Å². The molecule has 2 aromatic rings. The fraction of sp³-hybridized carbons (Fsp3) is 0.316. The first-order chi connectivity index (χ1) is 13.6. The van der Waals surface area contributed by atoms with Crippen molar-refractivity contribution in [2.45, 2.75) is 13.0 Å². The summed E-state index contributed by atoms with van der Waals surface area (Å²) < 4.78 is 35.9. The zero-order valence-electron chi connectivity index (χ0n) is 16.4. The molecule has 7 nitrogen and oxygen atoms in total. The lowest BCUT2D eigenvalue weighted by Gasteiger charge is -2.24. The van der Waals surface area contributed by atoms with Gasteiger partial charge >= 0.3 is 0 Å². The summed E-state index contributed by atoms with van der Waals surface area (Å²) in [6, 6.07) is 9.24. The number of anilines is 1. The number of ether oxygens (including phenoxy) is 2. The van der Waals surface area contributed by atoms with Gasteiger partial charge in [0.05, 0.1) is 37.2 Å². The highest BCUT2D eigenvalue weighted by atomic mass is 35.5. The maximum Gasteiger partial charge on any atom is 0.241 e. The van der Waals surface area contributed by atoms with Crippen LogP contribution in [0.25, 0.3) is 0 Å². The van der Waals surface area contributed by atoms with Crippen molar-refractivity contribution >= 4 is 44.8 Å². The molecule has 2 rings (SSSR count). The third-order valence-corrected chi connectivity index (χ3v) is 5.82. The van der Waals surface area contributed by atoms with Crippen molar-refractivity contribution in [2.24, 2.45) is 0 Å². The van der Waals surface area contributed by atoms with Crippen LogP contribution in [0.4, 0.5) is 5.69 Å². The average Bonchev–Trinajstić information content (AvgIpc) is 2.65. The highest BCUT2D eigenvalue weighted by Gasteiger charge is 2.24. The van der Waals surface area contributed by atoms with Crippen LogP contribution in [0.1, 0.15) is 18.5 Å². The van der Waals surface area contributed by atoms with Gasteiger partial charge < -0.3 is 14.8 Å². The predicted octanol–water partition coefficient (Wildman–Crippen LogP) is 3.65. The molecule has 0 spiro atoms. The van der Waals surface area contributed by atoms with E-state index in [9.17, 15) is 13.2 Å². The first-order valence-corrected chi connectivity index (χ1v) is 11.1. The first kappa shape index (κ1) is 23.1. The number of methoxy groups -OCH3 is 2. The monoisotopic (exact) mass is 460 g/mol. The van der Waals surface area contributed by atoms with Crippen LogP contribution in [-0.2, 0) is 14.8 Å². The van der Waals surface area contributed by atoms with Crippen LogP contribution in [0.3, 0.4) is 0 Å². The summed E-state index contributed by atoms with van der Waals surface area (Å²) in [6.45, 7) is 1.34. The molecule has 0 saturated heterocycles. The minimum absolute atomic E-state index is 0.128. The second-order valence-corrected chi connectivity index (χ2v) is 9.02. The molecular formula is C19H22Cl2N2O5S. The molecule has 10 heteroatoms. The molecular weight excluding hydrogens is 439 g/mol. The summed E-state index contributed by atoms with van der Waals surface area (Å²) in [6.07, 6.45) is 1.00. The minimum atomic E-state index is -3.76. The second kappa shape index (κ2) is 9.56. The summed E-state index contributed by atoms with van der Waals surface area (Å²) in [5.74, 6) is 0.593. The maximum atomic E-state index is 12.6. The van der Waals surface area contributed by atoms with Gasteiger partial charge in [-0.05, 0) is 42.8 Å². The smallest absolute Gasteiger partial charge is 0.241 e. The molecule has 1 amide bonds. The van der Waals surface area contributed by atoms with Gasteiger partial charge in [-0.3, -0.25) is 9.10 Å². The zero-order chi connectivity index (χ0) is 21.8. The molecule has 2 aromatic carbocycles. The summed E-state index contributed by atoms with van der Waals surface area (Å²) in [5, 5.41) is 3.27. The first-order valence-electron chi connectivity index (χ1n) is 8.51. The Balaban J connectivity index is 2.20. The topological polar surface area (TPSA) is 84.9 Å². The van der Waals surface area contributed by atoms with Crippen LogP contribution >= 0.6 is 23.2 Å². The van der Waals surface area contributed by atoms with E-state index >= 15 is 0 Å². The molecule has 0 aliphatic carbocycles. The Hall–Kier alpha value is -2.16. The molecule has 0 unspecified atom stereocenters. The number of amides is 1. The number of hydrogen-bond donors (Lipinski definition) is 1. The van der Waals surface area contributed by atoms with E-state index in [2.05, 4.69) is 5.32 Å². The Bertz CT molecular complexity index is 998. The van der Waals surface area contributed by atoms with Crippen LogP contribution in [0, 0.1) is 0 Å². The predicted molar refractivity (Wildman–Crippen MR) is 115 cm³/mol. The van der Waals surface area contributed by atoms with Crippen molar-refractivity contribution in [3.63, 3.8) is 0 Å². The van der Waals surface area contributed by atoms with Crippen LogP contribution < -0.4 is 19.1 Å². The average molecular weight is 461 g/mol. The van der Waals surface area contributed by atoms with E-state index in [1.54, 1.807) is 25.1 Å². The number of benzene rings is 2. The van der Waals surface area contributed by atoms with Gasteiger partial charge in [-0.25, -0.2) is 8.42 Å². The van der Waals surface area contributed by atoms with Gasteiger partial charge in [0.15, 0.2) is 11.5 Å². The van der Waals surface area contributed by atoms with Crippen molar-refractivity contribution in [1.82, 2.24) is 5.32 Å². The SMILES string of the molecule is COc1ccc([C@H](C)NC(=O)CN(c2ccc(Cl)cc2Cl)S(C)(=O)=O)cc1OC. The Morgan fingerprint density at radius 1 is 1.10 bits per heavy atom. The summed E-state index contributed by atoms with van der Waals surface area (Å²) in [5.41, 5.74) is 0.943. The molecule has 1 N–H and O–H groups in total. The van der Waals surface area contributed by atoms with Crippen LogP contribution in [0.5, 0.6) is 11.5 Å². The van der Waals surface area contributed by atoms with E-state index in [0.29, 0.717) is 16.5 Å². The van der Waals surface area contributed by atoms with Crippen LogP contribution in [-0.4, -0.2) is 41.3 Å². The Morgan fingerprint density at radius 3 is 2.31 bits per heavy atom. The summed E-state index contributed by atoms with van der Waals surface area (Å²) >= 11 is 12.0. The fourth-order valence-electron chi connectivity index (χ4n) is 2.69. The van der Waals surface area contributed by atoms with Gasteiger partial charge in [0.1, 0.15) is 6.54 Å². The summed E-state index contributed by atoms with van der Waals surface area (Å²) in [4.78, 5) is 12.6. The number of rotatable bonds is 8. The van der Waals surface area contributed by atoms with Crippen molar-refractivity contribution in [3.8, 4) is 11.5 Å². The number of carbonyl (C=O) groups is 1. The number of halogens is 2. The molecule has 29 heavy (non-hydrogen) atoms. The molecule has 0 saturated carbocycles. The Morgan fingerprint density at radius 2 is 1.76 bits per heavy atom. The quantitative estimate of drug-likeness (QED) is 0.649. The van der Waals surface area contributed by atoms with E-state index in [1.807, 2.05) is 0 Å². The number of nitrogens with zero attached hydrogens (tertiary/aromatic N) is 1. The van der Waals surface area contributed by atoms with Gasteiger partial charge in [0.25, 0.3) is 0 Å². The van der Waals surface area contributed by atoms with E-state index in [-0.39, 0.29) is 10.7 Å². The lowest BCUT2D eigenvalue weighted by Crippen LogP contribution is -2.41. The number of sulfonamides is 1. The van der Waals surface area contributed by atoms with Crippen molar-refractivity contribution in [2.75, 3.05) is 31.3 Å². The standard InChI is InChI=1S/C19H22Cl2N2O5S/c1-12(13-5-8-17(27-2)18(9-13)28-3)22-19(24)11-23(29(4,25)26)16-7-6-14(20)10-15(16)21/h5-10,12H,11H2,1-4H3,(H,22,24)/t12-/m0/s1. The third kappa shape index (κ3) is 5.91. The normalized spacial score (nSPS) is 12.2. The summed E-state index contributed by atoms with van der Waals surface area (Å²) in [7, 11) is -0.709. The second-order valence-electron chi connectivity index (χ2n) is 6.27. The molecule has 0 radical (unpaired) electrons. The van der Waals surface area contributed by atoms with Crippen molar-refractivity contribution < 1.29 is 22.7 Å². The van der Waals surface area contributed by atoms with E-state index in [1.165, 1.54) is 32.4 Å². The Kier molecular flexibility index (Phi) is 7.62. The van der Waals surface area contributed by atoms with Gasteiger partial charge in [-0.1, -0.05) is 29.3 Å². The highest BCUT2D eigenvalue weighted by Crippen LogP contribution is 2.31. The number of hydrogen-bond acceptors (Lipinski definition) is 5. The third-order valence-electron chi connectivity index (χ3n) is 4.15. The number of nitrogens with one attached hydrogen (secondary N) is 1. The fourth-order valence-corrected chi connectivity index (χ4v) is 4.12. The largest absolute Gasteiger partial charge is 0.493 e. The van der Waals surface area contributed by atoms with Gasteiger partial charge in [-0.15, -0.1) is 0 Å². The molecule has 0 aliphatic heterocycles. The minimum Gasteiger partial charge on any atom is -0.493 e. The van der Waals surface area contributed by atoms with E-state index < -0.39 is 28.5 Å². The molecule has 0 heterocycles. The zero-order valence-corrected chi connectivity index (χ0v) is 18.7. The van der Waals surface area contributed by atoms with Gasteiger partial charge in [0.2, 0.25) is 15.9 Å². The molecule has 1 atom stereocenters. The molecule has 0 fully saturated rings. The van der Waals surface area contributed by atoms with Gasteiger partial charge in [0, 0.05) is 5.02 Å². The van der Waals surface area contributed by atoms with Crippen molar-refractivity contribution in [3.05, 3.63) is 52.0 Å². The highest BCUT2D eigenvalue weighted by molar-refractivity contribution is 7.92. The molecule has 0 bridgehead atoms. The van der Waals surface area contributed by atoms with Crippen LogP contribution in [0.15, 0.2) is 36.4 Å². The number of carbonyl (C=O) groups excluding carboxylic acids is 1. The lowest BCUT2D eigenvalue weighted by molar-refractivity contribution is -0.120. The molecule has 0 aromatic heterocycles. The van der Waals surface area contributed by atoms with E-state index in [0.717, 1.165) is 16.1 Å². The molecule has 0 aliphatic rings. The Labute approximate surface area is 180 Å². The lowest BCUT2D eigenvalue weighted by atomic mass is 10.1.